The number of fused-ring (bicyclic) bond motifs is 1. The van der Waals surface area contributed by atoms with E-state index in [0.29, 0.717) is 13.0 Å². The van der Waals surface area contributed by atoms with Crippen molar-refractivity contribution < 1.29 is 23.8 Å². The van der Waals surface area contributed by atoms with Gasteiger partial charge in [-0.25, -0.2) is 4.79 Å². The van der Waals surface area contributed by atoms with Crippen LogP contribution in [-0.2, 0) is 9.53 Å². The quantitative estimate of drug-likeness (QED) is 0.353. The van der Waals surface area contributed by atoms with E-state index in [4.69, 9.17) is 14.2 Å². The monoisotopic (exact) mass is 364 g/mol. The van der Waals surface area contributed by atoms with Crippen LogP contribution < -0.4 is 9.47 Å². The van der Waals surface area contributed by atoms with Gasteiger partial charge < -0.3 is 14.2 Å². The highest BCUT2D eigenvalue weighted by Gasteiger charge is 2.17. The molecular formula is C22H20O5. The molecule has 0 aromatic heterocycles. The first-order valence-corrected chi connectivity index (χ1v) is 8.67. The van der Waals surface area contributed by atoms with Crippen LogP contribution in [0.4, 0.5) is 0 Å². The van der Waals surface area contributed by atoms with Crippen molar-refractivity contribution in [2.75, 3.05) is 13.7 Å². The van der Waals surface area contributed by atoms with Crippen molar-refractivity contribution >= 4 is 22.7 Å². The largest absolute Gasteiger partial charge is 0.494 e. The zero-order chi connectivity index (χ0) is 19.1. The first-order chi connectivity index (χ1) is 13.2. The van der Waals surface area contributed by atoms with E-state index in [1.54, 1.807) is 12.1 Å². The van der Waals surface area contributed by atoms with Crippen molar-refractivity contribution in [2.24, 2.45) is 0 Å². The number of carbonyl (C=O) groups is 2. The molecule has 0 amide bonds. The molecule has 5 heteroatoms. The second-order valence-corrected chi connectivity index (χ2v) is 5.93. The zero-order valence-corrected chi connectivity index (χ0v) is 15.0. The first kappa shape index (κ1) is 18.5. The van der Waals surface area contributed by atoms with E-state index in [-0.39, 0.29) is 17.7 Å². The highest BCUT2D eigenvalue weighted by atomic mass is 16.5. The Morgan fingerprint density at radius 2 is 1.56 bits per heavy atom. The number of carbonyl (C=O) groups excluding carboxylic acids is 2. The summed E-state index contributed by atoms with van der Waals surface area (Å²) in [5, 5.41) is 1.74. The minimum absolute atomic E-state index is 0.181. The van der Waals surface area contributed by atoms with Gasteiger partial charge >= 0.3 is 11.9 Å². The lowest BCUT2D eigenvalue weighted by Crippen LogP contribution is -2.13. The van der Waals surface area contributed by atoms with E-state index >= 15 is 0 Å². The zero-order valence-electron chi connectivity index (χ0n) is 15.0. The molecule has 0 aliphatic heterocycles. The third-order valence-electron chi connectivity index (χ3n) is 4.01. The fourth-order valence-electron chi connectivity index (χ4n) is 2.67. The molecule has 0 aliphatic carbocycles. The molecule has 0 unspecified atom stereocenters. The second kappa shape index (κ2) is 8.85. The maximum absolute atomic E-state index is 12.2. The van der Waals surface area contributed by atoms with Crippen molar-refractivity contribution in [3.63, 3.8) is 0 Å². The molecular weight excluding hydrogens is 344 g/mol. The van der Waals surface area contributed by atoms with Gasteiger partial charge in [-0.1, -0.05) is 42.5 Å². The Hall–Kier alpha value is -3.34. The van der Waals surface area contributed by atoms with E-state index < -0.39 is 11.9 Å². The van der Waals surface area contributed by atoms with Crippen molar-refractivity contribution in [3.8, 4) is 11.5 Å². The maximum Gasteiger partial charge on any atom is 0.341 e. The smallest absolute Gasteiger partial charge is 0.341 e. The average Bonchev–Trinajstić information content (AvgIpc) is 2.71. The minimum atomic E-state index is -0.545. The standard InChI is InChI=1S/C22H20O5/c1-25-22(24)19-14-16-8-5-6-9-17(16)15-20(19)27-21(23)12-7-13-26-18-10-3-2-4-11-18/h2-6,8-11,14-15H,7,12-13H2,1H3. The van der Waals surface area contributed by atoms with E-state index in [1.165, 1.54) is 7.11 Å². The lowest BCUT2D eigenvalue weighted by Gasteiger charge is -2.11. The number of para-hydroxylation sites is 1. The Labute approximate surface area is 157 Å². The number of hydrogen-bond donors (Lipinski definition) is 0. The summed E-state index contributed by atoms with van der Waals surface area (Å²) in [6, 6.07) is 20.3. The summed E-state index contributed by atoms with van der Waals surface area (Å²) in [7, 11) is 1.30. The van der Waals surface area contributed by atoms with Crippen LogP contribution in [0.2, 0.25) is 0 Å². The molecule has 138 valence electrons. The van der Waals surface area contributed by atoms with Gasteiger partial charge in [0.15, 0.2) is 0 Å². The number of benzene rings is 3. The van der Waals surface area contributed by atoms with Crippen LogP contribution in [0.1, 0.15) is 23.2 Å². The molecule has 0 saturated heterocycles. The van der Waals surface area contributed by atoms with Crippen molar-refractivity contribution in [2.45, 2.75) is 12.8 Å². The van der Waals surface area contributed by atoms with Gasteiger partial charge in [0.2, 0.25) is 0 Å². The normalized spacial score (nSPS) is 10.4. The van der Waals surface area contributed by atoms with Crippen LogP contribution in [0.3, 0.4) is 0 Å². The molecule has 0 radical (unpaired) electrons. The Balaban J connectivity index is 1.64. The molecule has 3 rings (SSSR count). The molecule has 0 heterocycles. The van der Waals surface area contributed by atoms with Gasteiger partial charge in [-0.2, -0.15) is 0 Å². The topological polar surface area (TPSA) is 61.8 Å². The summed E-state index contributed by atoms with van der Waals surface area (Å²) < 4.78 is 15.8. The fourth-order valence-corrected chi connectivity index (χ4v) is 2.67. The first-order valence-electron chi connectivity index (χ1n) is 8.67. The van der Waals surface area contributed by atoms with Crippen molar-refractivity contribution in [1.82, 2.24) is 0 Å². The van der Waals surface area contributed by atoms with Gasteiger partial charge in [0, 0.05) is 6.42 Å². The molecule has 0 aliphatic rings. The van der Waals surface area contributed by atoms with Crippen molar-refractivity contribution in [3.05, 3.63) is 72.3 Å². The molecule has 0 spiro atoms. The van der Waals surface area contributed by atoms with Gasteiger partial charge in [0.1, 0.15) is 17.1 Å². The Bertz CT molecular complexity index is 934. The summed E-state index contributed by atoms with van der Waals surface area (Å²) >= 11 is 0. The molecule has 0 saturated carbocycles. The van der Waals surface area contributed by atoms with Crippen molar-refractivity contribution in [1.29, 1.82) is 0 Å². The SMILES string of the molecule is COC(=O)c1cc2ccccc2cc1OC(=O)CCCOc1ccccc1. The predicted octanol–water partition coefficient (Wildman–Crippen LogP) is 4.39. The fraction of sp³-hybridized carbons (Fsp3) is 0.182. The van der Waals surface area contributed by atoms with Crippen LogP contribution in [0, 0.1) is 0 Å². The second-order valence-electron chi connectivity index (χ2n) is 5.93. The number of ether oxygens (including phenoxy) is 3. The van der Waals surface area contributed by atoms with E-state index in [2.05, 4.69) is 0 Å². The van der Waals surface area contributed by atoms with Gasteiger partial charge in [-0.05, 0) is 41.5 Å². The molecule has 0 atom stereocenters. The van der Waals surface area contributed by atoms with Crippen LogP contribution >= 0.6 is 0 Å². The number of hydrogen-bond acceptors (Lipinski definition) is 5. The van der Waals surface area contributed by atoms with Crippen LogP contribution in [0.25, 0.3) is 10.8 Å². The minimum Gasteiger partial charge on any atom is -0.494 e. The predicted molar refractivity (Wildman–Crippen MR) is 102 cm³/mol. The molecule has 3 aromatic carbocycles. The highest BCUT2D eigenvalue weighted by molar-refractivity contribution is 5.99. The highest BCUT2D eigenvalue weighted by Crippen LogP contribution is 2.27. The third kappa shape index (κ3) is 4.85. The summed E-state index contributed by atoms with van der Waals surface area (Å²) in [6.07, 6.45) is 0.690. The summed E-state index contributed by atoms with van der Waals surface area (Å²) in [5.41, 5.74) is 0.227. The average molecular weight is 364 g/mol. The molecule has 27 heavy (non-hydrogen) atoms. The van der Waals surface area contributed by atoms with E-state index in [1.807, 2.05) is 54.6 Å². The third-order valence-corrected chi connectivity index (χ3v) is 4.01. The number of esters is 2. The number of rotatable bonds is 7. The molecule has 0 bridgehead atoms. The Morgan fingerprint density at radius 3 is 2.26 bits per heavy atom. The van der Waals surface area contributed by atoms with Gasteiger partial charge in [-0.15, -0.1) is 0 Å². The molecule has 5 nitrogen and oxygen atoms in total. The van der Waals surface area contributed by atoms with E-state index in [0.717, 1.165) is 16.5 Å². The van der Waals surface area contributed by atoms with Gasteiger partial charge in [-0.3, -0.25) is 4.79 Å². The lowest BCUT2D eigenvalue weighted by molar-refractivity contribution is -0.134. The van der Waals surface area contributed by atoms with Gasteiger partial charge in [0.05, 0.1) is 13.7 Å². The van der Waals surface area contributed by atoms with Crippen LogP contribution in [-0.4, -0.2) is 25.7 Å². The van der Waals surface area contributed by atoms with E-state index in [9.17, 15) is 9.59 Å². The summed E-state index contributed by atoms with van der Waals surface area (Å²) in [5.74, 6) is -0.00837. The maximum atomic E-state index is 12.2. The molecule has 0 N–H and O–H groups in total. The molecule has 0 fully saturated rings. The summed E-state index contributed by atoms with van der Waals surface area (Å²) in [4.78, 5) is 24.2. The Kier molecular flexibility index (Phi) is 6.05. The van der Waals surface area contributed by atoms with Crippen LogP contribution in [0.15, 0.2) is 66.7 Å². The Morgan fingerprint density at radius 1 is 0.889 bits per heavy atom. The lowest BCUT2D eigenvalue weighted by atomic mass is 10.1. The van der Waals surface area contributed by atoms with Crippen LogP contribution in [0.5, 0.6) is 11.5 Å². The van der Waals surface area contributed by atoms with Gasteiger partial charge in [0.25, 0.3) is 0 Å². The summed E-state index contributed by atoms with van der Waals surface area (Å²) in [6.45, 7) is 0.403. The molecule has 3 aromatic rings. The number of methoxy groups -OCH3 is 1.